The number of hydrogen-bond donors (Lipinski definition) is 1. The average molecular weight is 323 g/mol. The van der Waals surface area contributed by atoms with Crippen LogP contribution >= 0.6 is 11.3 Å². The molecule has 2 heterocycles. The van der Waals surface area contributed by atoms with Crippen molar-refractivity contribution in [2.24, 2.45) is 11.3 Å². The van der Waals surface area contributed by atoms with E-state index in [4.69, 9.17) is 0 Å². The van der Waals surface area contributed by atoms with Crippen molar-refractivity contribution >= 4 is 23.2 Å². The molecule has 1 aliphatic rings. The molecule has 1 aromatic heterocycles. The largest absolute Gasteiger partial charge is 0.481 e. The summed E-state index contributed by atoms with van der Waals surface area (Å²) in [5.74, 6) is -0.783. The van der Waals surface area contributed by atoms with Gasteiger partial charge in [0.15, 0.2) is 0 Å². The van der Waals surface area contributed by atoms with E-state index in [9.17, 15) is 14.7 Å². The molecule has 0 saturated carbocycles. The molecule has 1 fully saturated rings. The summed E-state index contributed by atoms with van der Waals surface area (Å²) in [7, 11) is 0. The molecule has 0 radical (unpaired) electrons. The van der Waals surface area contributed by atoms with E-state index < -0.39 is 11.4 Å². The number of aryl methyl sites for hydroxylation is 2. The zero-order chi connectivity index (χ0) is 16.5. The Morgan fingerprint density at radius 3 is 2.64 bits per heavy atom. The predicted molar refractivity (Wildman–Crippen MR) is 88.5 cm³/mol. The molecular formula is C17H25NO3S. The third-order valence-electron chi connectivity index (χ3n) is 4.87. The fourth-order valence-corrected chi connectivity index (χ4v) is 4.24. The van der Waals surface area contributed by atoms with Crippen LogP contribution in [0.4, 0.5) is 0 Å². The quantitative estimate of drug-likeness (QED) is 0.901. The van der Waals surface area contributed by atoms with E-state index in [1.165, 1.54) is 21.8 Å². The molecule has 0 spiro atoms. The number of carboxylic acids is 1. The Kier molecular flexibility index (Phi) is 4.95. The summed E-state index contributed by atoms with van der Waals surface area (Å²) in [6.07, 6.45) is 2.59. The maximum atomic E-state index is 12.7. The molecule has 0 aromatic carbocycles. The first-order valence-electron chi connectivity index (χ1n) is 7.93. The summed E-state index contributed by atoms with van der Waals surface area (Å²) >= 11 is 1.53. The zero-order valence-corrected chi connectivity index (χ0v) is 14.6. The van der Waals surface area contributed by atoms with Gasteiger partial charge in [-0.1, -0.05) is 27.2 Å². The van der Waals surface area contributed by atoms with Crippen LogP contribution < -0.4 is 0 Å². The molecule has 0 bridgehead atoms. The minimum absolute atomic E-state index is 0.0146. The summed E-state index contributed by atoms with van der Waals surface area (Å²) in [5.41, 5.74) is 0.442. The first kappa shape index (κ1) is 17.0. The molecule has 1 aromatic rings. The van der Waals surface area contributed by atoms with Crippen LogP contribution in [-0.4, -0.2) is 35.0 Å². The fraction of sp³-hybridized carbons (Fsp3) is 0.647. The maximum absolute atomic E-state index is 12.7. The van der Waals surface area contributed by atoms with Crippen molar-refractivity contribution in [1.82, 2.24) is 4.90 Å². The fourth-order valence-electron chi connectivity index (χ4n) is 3.20. The highest BCUT2D eigenvalue weighted by Crippen LogP contribution is 2.39. The Balaban J connectivity index is 2.18. The van der Waals surface area contributed by atoms with Crippen molar-refractivity contribution < 1.29 is 14.7 Å². The number of amides is 1. The Labute approximate surface area is 136 Å². The second-order valence-corrected chi connectivity index (χ2v) is 7.79. The van der Waals surface area contributed by atoms with Gasteiger partial charge in [0.2, 0.25) is 0 Å². The number of nitrogens with zero attached hydrogens (tertiary/aromatic N) is 1. The van der Waals surface area contributed by atoms with E-state index in [0.29, 0.717) is 19.5 Å². The molecule has 0 aliphatic carbocycles. The summed E-state index contributed by atoms with van der Waals surface area (Å²) in [6, 6.07) is 1.99. The molecule has 122 valence electrons. The number of hydrogen-bond acceptors (Lipinski definition) is 3. The Bertz CT molecular complexity index is 578. The number of rotatable bonds is 5. The minimum Gasteiger partial charge on any atom is -0.481 e. The third kappa shape index (κ3) is 2.91. The van der Waals surface area contributed by atoms with Crippen molar-refractivity contribution in [1.29, 1.82) is 0 Å². The summed E-state index contributed by atoms with van der Waals surface area (Å²) in [4.78, 5) is 28.0. The van der Waals surface area contributed by atoms with Crippen LogP contribution in [0.3, 0.4) is 0 Å². The molecule has 4 nitrogen and oxygen atoms in total. The molecule has 5 heteroatoms. The number of thiophene rings is 1. The van der Waals surface area contributed by atoms with Crippen molar-refractivity contribution in [3.8, 4) is 0 Å². The Morgan fingerprint density at radius 2 is 2.14 bits per heavy atom. The monoisotopic (exact) mass is 323 g/mol. The smallest absolute Gasteiger partial charge is 0.311 e. The lowest BCUT2D eigenvalue weighted by atomic mass is 9.76. The highest BCUT2D eigenvalue weighted by Gasteiger charge is 2.48. The summed E-state index contributed by atoms with van der Waals surface area (Å²) < 4.78 is 0. The summed E-state index contributed by atoms with van der Waals surface area (Å²) in [5, 5.41) is 9.59. The molecule has 1 aliphatic heterocycles. The molecule has 1 N–H and O–H groups in total. The standard InChI is InChI=1S/C17H25NO3S/c1-5-6-13-9-14(22-12(13)4)15(19)18-8-7-17(10-18,11(2)3)16(20)21/h9,11H,5-8,10H2,1-4H3,(H,20,21). The van der Waals surface area contributed by atoms with Gasteiger partial charge in [-0.3, -0.25) is 9.59 Å². The van der Waals surface area contributed by atoms with Gasteiger partial charge in [-0.15, -0.1) is 11.3 Å². The van der Waals surface area contributed by atoms with Crippen LogP contribution in [0.1, 0.15) is 53.7 Å². The SMILES string of the molecule is CCCc1cc(C(=O)N2CCC(C(=O)O)(C(C)C)C2)sc1C. The maximum Gasteiger partial charge on any atom is 0.311 e. The first-order chi connectivity index (χ1) is 10.3. The number of carbonyl (C=O) groups is 2. The third-order valence-corrected chi connectivity index (χ3v) is 5.95. The van der Waals surface area contributed by atoms with Gasteiger partial charge in [-0.2, -0.15) is 0 Å². The van der Waals surface area contributed by atoms with Gasteiger partial charge in [0, 0.05) is 18.0 Å². The second kappa shape index (κ2) is 6.41. The van der Waals surface area contributed by atoms with Crippen LogP contribution in [0.2, 0.25) is 0 Å². The second-order valence-electron chi connectivity index (χ2n) is 6.53. The molecule has 1 amide bonds. The first-order valence-corrected chi connectivity index (χ1v) is 8.75. The summed E-state index contributed by atoms with van der Waals surface area (Å²) in [6.45, 7) is 8.88. The van der Waals surface area contributed by atoms with Gasteiger partial charge in [0.25, 0.3) is 5.91 Å². The highest BCUT2D eigenvalue weighted by molar-refractivity contribution is 7.14. The molecular weight excluding hydrogens is 298 g/mol. The van der Waals surface area contributed by atoms with E-state index in [2.05, 4.69) is 6.92 Å². The van der Waals surface area contributed by atoms with Crippen LogP contribution in [0.5, 0.6) is 0 Å². The van der Waals surface area contributed by atoms with Crippen LogP contribution in [0, 0.1) is 18.3 Å². The van der Waals surface area contributed by atoms with Crippen molar-refractivity contribution in [3.63, 3.8) is 0 Å². The van der Waals surface area contributed by atoms with Crippen LogP contribution in [-0.2, 0) is 11.2 Å². The van der Waals surface area contributed by atoms with Crippen molar-refractivity contribution in [2.45, 2.75) is 47.0 Å². The van der Waals surface area contributed by atoms with Gasteiger partial charge >= 0.3 is 5.97 Å². The van der Waals surface area contributed by atoms with Gasteiger partial charge in [0.1, 0.15) is 0 Å². The number of likely N-dealkylation sites (tertiary alicyclic amines) is 1. The van der Waals surface area contributed by atoms with Crippen LogP contribution in [0.15, 0.2) is 6.07 Å². The van der Waals surface area contributed by atoms with E-state index in [1.54, 1.807) is 4.90 Å². The van der Waals surface area contributed by atoms with E-state index in [0.717, 1.165) is 17.7 Å². The number of carbonyl (C=O) groups excluding carboxylic acids is 1. The lowest BCUT2D eigenvalue weighted by Crippen LogP contribution is -2.40. The topological polar surface area (TPSA) is 57.6 Å². The Hall–Kier alpha value is -1.36. The average Bonchev–Trinajstić information content (AvgIpc) is 3.04. The number of carboxylic acid groups (broad SMARTS) is 1. The van der Waals surface area contributed by atoms with Gasteiger partial charge in [-0.05, 0) is 37.3 Å². The van der Waals surface area contributed by atoms with Crippen molar-refractivity contribution in [2.75, 3.05) is 13.1 Å². The molecule has 1 saturated heterocycles. The normalized spacial score (nSPS) is 21.6. The molecule has 22 heavy (non-hydrogen) atoms. The van der Waals surface area contributed by atoms with E-state index in [1.807, 2.05) is 26.8 Å². The minimum atomic E-state index is -0.797. The highest BCUT2D eigenvalue weighted by atomic mass is 32.1. The van der Waals surface area contributed by atoms with Crippen molar-refractivity contribution in [3.05, 3.63) is 21.4 Å². The molecule has 1 atom stereocenters. The Morgan fingerprint density at radius 1 is 1.45 bits per heavy atom. The number of aliphatic carboxylic acids is 1. The predicted octanol–water partition coefficient (Wildman–Crippen LogP) is 3.58. The lowest BCUT2D eigenvalue weighted by Gasteiger charge is -2.28. The lowest BCUT2D eigenvalue weighted by molar-refractivity contribution is -0.150. The molecule has 2 rings (SSSR count). The molecule has 1 unspecified atom stereocenters. The van der Waals surface area contributed by atoms with Gasteiger partial charge in [-0.25, -0.2) is 0 Å². The zero-order valence-electron chi connectivity index (χ0n) is 13.8. The van der Waals surface area contributed by atoms with E-state index in [-0.39, 0.29) is 11.8 Å². The van der Waals surface area contributed by atoms with Gasteiger partial charge in [0.05, 0.1) is 10.3 Å². The van der Waals surface area contributed by atoms with E-state index >= 15 is 0 Å². The van der Waals surface area contributed by atoms with Gasteiger partial charge < -0.3 is 10.0 Å². The van der Waals surface area contributed by atoms with Crippen LogP contribution in [0.25, 0.3) is 0 Å².